The molecule has 2 rings (SSSR count). The van der Waals surface area contributed by atoms with Crippen molar-refractivity contribution in [3.63, 3.8) is 0 Å². The van der Waals surface area contributed by atoms with Gasteiger partial charge >= 0.3 is 5.97 Å². The number of hydrogen-bond acceptors (Lipinski definition) is 4. The number of rotatable bonds is 4. The lowest BCUT2D eigenvalue weighted by Gasteiger charge is -1.98. The molecule has 0 saturated heterocycles. The molecule has 0 fully saturated rings. The van der Waals surface area contributed by atoms with E-state index in [1.165, 1.54) is 0 Å². The van der Waals surface area contributed by atoms with E-state index in [1.54, 1.807) is 13.0 Å². The number of esters is 1. The zero-order valence-corrected chi connectivity index (χ0v) is 9.69. The molecule has 0 aliphatic carbocycles. The second-order valence-corrected chi connectivity index (χ2v) is 3.77. The number of H-pyrrole nitrogens is 1. The van der Waals surface area contributed by atoms with Crippen LogP contribution in [0.4, 0.5) is 5.69 Å². The highest BCUT2D eigenvalue weighted by molar-refractivity contribution is 5.78. The first kappa shape index (κ1) is 11.4. The molecule has 90 valence electrons. The summed E-state index contributed by atoms with van der Waals surface area (Å²) in [5, 5.41) is 0. The SMILES string of the molecule is CCOC(=O)CCc1nc2ccc(N)cc2[nH]1. The van der Waals surface area contributed by atoms with Crippen molar-refractivity contribution in [1.29, 1.82) is 0 Å². The number of benzene rings is 1. The van der Waals surface area contributed by atoms with Gasteiger partial charge in [-0.25, -0.2) is 4.98 Å². The van der Waals surface area contributed by atoms with Gasteiger partial charge in [0.05, 0.1) is 24.1 Å². The van der Waals surface area contributed by atoms with Gasteiger partial charge in [0.1, 0.15) is 5.82 Å². The number of nitrogens with one attached hydrogen (secondary N) is 1. The van der Waals surface area contributed by atoms with E-state index < -0.39 is 0 Å². The number of nitrogens with two attached hydrogens (primary N) is 1. The van der Waals surface area contributed by atoms with E-state index in [-0.39, 0.29) is 5.97 Å². The van der Waals surface area contributed by atoms with Gasteiger partial charge in [-0.3, -0.25) is 4.79 Å². The van der Waals surface area contributed by atoms with E-state index in [4.69, 9.17) is 10.5 Å². The van der Waals surface area contributed by atoms with E-state index in [1.807, 2.05) is 12.1 Å². The van der Waals surface area contributed by atoms with Crippen LogP contribution in [0, 0.1) is 0 Å². The fourth-order valence-electron chi connectivity index (χ4n) is 1.65. The molecule has 17 heavy (non-hydrogen) atoms. The van der Waals surface area contributed by atoms with E-state index in [9.17, 15) is 4.79 Å². The van der Waals surface area contributed by atoms with E-state index >= 15 is 0 Å². The standard InChI is InChI=1S/C12H15N3O2/c1-2-17-12(16)6-5-11-14-9-4-3-8(13)7-10(9)15-11/h3-4,7H,2,5-6,13H2,1H3,(H,14,15). The fraction of sp³-hybridized carbons (Fsp3) is 0.333. The van der Waals surface area contributed by atoms with Crippen LogP contribution in [0.2, 0.25) is 0 Å². The van der Waals surface area contributed by atoms with E-state index in [0.717, 1.165) is 16.9 Å². The number of fused-ring (bicyclic) bond motifs is 1. The smallest absolute Gasteiger partial charge is 0.306 e. The van der Waals surface area contributed by atoms with Gasteiger partial charge in [0.2, 0.25) is 0 Å². The molecule has 0 saturated carbocycles. The fourth-order valence-corrected chi connectivity index (χ4v) is 1.65. The first-order valence-electron chi connectivity index (χ1n) is 5.59. The lowest BCUT2D eigenvalue weighted by Crippen LogP contribution is -2.05. The molecule has 0 unspecified atom stereocenters. The predicted molar refractivity (Wildman–Crippen MR) is 65.5 cm³/mol. The minimum atomic E-state index is -0.201. The Kier molecular flexibility index (Phi) is 3.27. The molecule has 0 aliphatic rings. The first-order chi connectivity index (χ1) is 8.19. The molecule has 0 bridgehead atoms. The third-order valence-corrected chi connectivity index (χ3v) is 2.43. The summed E-state index contributed by atoms with van der Waals surface area (Å²) in [6.45, 7) is 2.21. The van der Waals surface area contributed by atoms with Crippen molar-refractivity contribution in [2.24, 2.45) is 0 Å². The number of aromatic amines is 1. The number of carbonyl (C=O) groups is 1. The van der Waals surface area contributed by atoms with Crippen molar-refractivity contribution < 1.29 is 9.53 Å². The van der Waals surface area contributed by atoms with Gasteiger partial charge in [-0.2, -0.15) is 0 Å². The molecule has 1 aromatic carbocycles. The lowest BCUT2D eigenvalue weighted by atomic mass is 10.3. The summed E-state index contributed by atoms with van der Waals surface area (Å²) >= 11 is 0. The van der Waals surface area contributed by atoms with Gasteiger partial charge < -0.3 is 15.5 Å². The molecule has 0 aliphatic heterocycles. The zero-order chi connectivity index (χ0) is 12.3. The summed E-state index contributed by atoms with van der Waals surface area (Å²) < 4.78 is 4.86. The maximum absolute atomic E-state index is 11.2. The number of nitrogen functional groups attached to an aromatic ring is 1. The summed E-state index contributed by atoms with van der Waals surface area (Å²) in [6.07, 6.45) is 0.885. The number of carbonyl (C=O) groups excluding carboxylic acids is 1. The van der Waals surface area contributed by atoms with Crippen LogP contribution in [0.5, 0.6) is 0 Å². The summed E-state index contributed by atoms with van der Waals surface area (Å²) in [4.78, 5) is 18.7. The molecular formula is C12H15N3O2. The van der Waals surface area contributed by atoms with Crippen LogP contribution in [-0.4, -0.2) is 22.5 Å². The van der Waals surface area contributed by atoms with E-state index in [2.05, 4.69) is 9.97 Å². The number of imidazole rings is 1. The molecular weight excluding hydrogens is 218 g/mol. The summed E-state index contributed by atoms with van der Waals surface area (Å²) in [5.41, 5.74) is 8.12. The van der Waals surface area contributed by atoms with Crippen molar-refractivity contribution in [2.75, 3.05) is 12.3 Å². The third-order valence-electron chi connectivity index (χ3n) is 2.43. The molecule has 1 heterocycles. The Hall–Kier alpha value is -2.04. The Morgan fingerprint density at radius 2 is 2.35 bits per heavy atom. The van der Waals surface area contributed by atoms with Crippen LogP contribution in [-0.2, 0) is 16.0 Å². The number of ether oxygens (including phenoxy) is 1. The van der Waals surface area contributed by atoms with Crippen molar-refractivity contribution in [3.8, 4) is 0 Å². The number of aryl methyl sites for hydroxylation is 1. The Bertz CT molecular complexity index is 534. The second-order valence-electron chi connectivity index (χ2n) is 3.77. The molecule has 5 nitrogen and oxygen atoms in total. The van der Waals surface area contributed by atoms with Crippen LogP contribution in [0.3, 0.4) is 0 Å². The highest BCUT2D eigenvalue weighted by atomic mass is 16.5. The van der Waals surface area contributed by atoms with Gasteiger partial charge in [-0.15, -0.1) is 0 Å². The Balaban J connectivity index is 2.07. The van der Waals surface area contributed by atoms with Crippen LogP contribution in [0.25, 0.3) is 11.0 Å². The second kappa shape index (κ2) is 4.86. The quantitative estimate of drug-likeness (QED) is 0.621. The highest BCUT2D eigenvalue weighted by Crippen LogP contribution is 2.15. The number of nitrogens with zero attached hydrogens (tertiary/aromatic N) is 1. The molecule has 0 atom stereocenters. The molecule has 0 radical (unpaired) electrons. The Morgan fingerprint density at radius 1 is 1.53 bits per heavy atom. The molecule has 5 heteroatoms. The average molecular weight is 233 g/mol. The van der Waals surface area contributed by atoms with Crippen LogP contribution in [0.15, 0.2) is 18.2 Å². The van der Waals surface area contributed by atoms with Gasteiger partial charge in [0.25, 0.3) is 0 Å². The van der Waals surface area contributed by atoms with Gasteiger partial charge in [0, 0.05) is 12.1 Å². The Labute approximate surface area is 99.0 Å². The van der Waals surface area contributed by atoms with Crippen molar-refractivity contribution in [2.45, 2.75) is 19.8 Å². The molecule has 0 amide bonds. The predicted octanol–water partition coefficient (Wildman–Crippen LogP) is 1.64. The normalized spacial score (nSPS) is 10.6. The average Bonchev–Trinajstić information content (AvgIpc) is 2.68. The van der Waals surface area contributed by atoms with E-state index in [0.29, 0.717) is 25.1 Å². The Morgan fingerprint density at radius 3 is 3.12 bits per heavy atom. The number of anilines is 1. The van der Waals surface area contributed by atoms with Crippen LogP contribution < -0.4 is 5.73 Å². The monoisotopic (exact) mass is 233 g/mol. The highest BCUT2D eigenvalue weighted by Gasteiger charge is 2.06. The minimum Gasteiger partial charge on any atom is -0.466 e. The molecule has 0 spiro atoms. The molecule has 3 N–H and O–H groups in total. The maximum atomic E-state index is 11.2. The minimum absolute atomic E-state index is 0.201. The van der Waals surface area contributed by atoms with Gasteiger partial charge in [-0.05, 0) is 25.1 Å². The summed E-state index contributed by atoms with van der Waals surface area (Å²) in [7, 11) is 0. The van der Waals surface area contributed by atoms with Crippen molar-refractivity contribution in [3.05, 3.63) is 24.0 Å². The topological polar surface area (TPSA) is 81.0 Å². The number of aromatic nitrogens is 2. The van der Waals surface area contributed by atoms with Crippen molar-refractivity contribution in [1.82, 2.24) is 9.97 Å². The molecule has 2 aromatic rings. The summed E-state index contributed by atoms with van der Waals surface area (Å²) in [6, 6.07) is 5.49. The van der Waals surface area contributed by atoms with Crippen LogP contribution >= 0.6 is 0 Å². The van der Waals surface area contributed by atoms with Gasteiger partial charge in [0.15, 0.2) is 0 Å². The van der Waals surface area contributed by atoms with Gasteiger partial charge in [-0.1, -0.05) is 0 Å². The first-order valence-corrected chi connectivity index (χ1v) is 5.59. The number of hydrogen-bond donors (Lipinski definition) is 2. The summed E-state index contributed by atoms with van der Waals surface area (Å²) in [5.74, 6) is 0.575. The lowest BCUT2D eigenvalue weighted by molar-refractivity contribution is -0.143. The largest absolute Gasteiger partial charge is 0.466 e. The third kappa shape index (κ3) is 2.75. The van der Waals surface area contributed by atoms with Crippen LogP contribution in [0.1, 0.15) is 19.2 Å². The molecule has 1 aromatic heterocycles. The van der Waals surface area contributed by atoms with Crippen molar-refractivity contribution >= 4 is 22.7 Å². The zero-order valence-electron chi connectivity index (χ0n) is 9.69. The maximum Gasteiger partial charge on any atom is 0.306 e.